The van der Waals surface area contributed by atoms with Crippen molar-refractivity contribution in [1.29, 1.82) is 0 Å². The van der Waals surface area contributed by atoms with Crippen molar-refractivity contribution in [1.82, 2.24) is 14.5 Å². The van der Waals surface area contributed by atoms with Crippen molar-refractivity contribution < 1.29 is 14.3 Å². The summed E-state index contributed by atoms with van der Waals surface area (Å²) < 4.78 is 15.3. The van der Waals surface area contributed by atoms with Crippen LogP contribution in [0.4, 0.5) is 0 Å². The lowest BCUT2D eigenvalue weighted by atomic mass is 9.86. The summed E-state index contributed by atoms with van der Waals surface area (Å²) in [5.74, 6) is -0.387. The Labute approximate surface area is 187 Å². The maximum Gasteiger partial charge on any atom is 0.338 e. The highest BCUT2D eigenvalue weighted by Crippen LogP contribution is 2.48. The summed E-state index contributed by atoms with van der Waals surface area (Å²) in [5.41, 5.74) is 0.280. The summed E-state index contributed by atoms with van der Waals surface area (Å²) in [4.78, 5) is 21.4. The highest BCUT2D eigenvalue weighted by Gasteiger charge is 2.55. The fourth-order valence-corrected chi connectivity index (χ4v) is 5.15. The molecular weight excluding hydrogens is 505 g/mol. The van der Waals surface area contributed by atoms with E-state index in [4.69, 9.17) is 21.1 Å². The third-order valence-corrected chi connectivity index (χ3v) is 6.85. The van der Waals surface area contributed by atoms with Crippen LogP contribution in [-0.2, 0) is 9.47 Å². The Bertz CT molecular complexity index is 1060. The van der Waals surface area contributed by atoms with E-state index in [1.807, 2.05) is 35.9 Å². The molecule has 0 amide bonds. The molecule has 0 spiro atoms. The molecule has 1 fully saturated rings. The molecule has 4 rings (SSSR count). The van der Waals surface area contributed by atoms with E-state index in [1.54, 1.807) is 12.1 Å². The van der Waals surface area contributed by atoms with Crippen molar-refractivity contribution >= 4 is 51.2 Å². The minimum atomic E-state index is -0.889. The molecule has 1 saturated heterocycles. The van der Waals surface area contributed by atoms with Gasteiger partial charge in [0.05, 0.1) is 17.1 Å². The second-order valence-corrected chi connectivity index (χ2v) is 8.93. The van der Waals surface area contributed by atoms with E-state index in [9.17, 15) is 4.79 Å². The van der Waals surface area contributed by atoms with Gasteiger partial charge in [-0.15, -0.1) is 0 Å². The predicted molar refractivity (Wildman–Crippen MR) is 119 cm³/mol. The molecule has 6 nitrogen and oxygen atoms in total. The monoisotopic (exact) mass is 525 g/mol. The molecule has 3 heterocycles. The summed E-state index contributed by atoms with van der Waals surface area (Å²) >= 11 is 8.52. The first kappa shape index (κ1) is 20.6. The van der Waals surface area contributed by atoms with Crippen LogP contribution >= 0.6 is 34.2 Å². The summed E-state index contributed by atoms with van der Waals surface area (Å²) in [6, 6.07) is 9.01. The van der Waals surface area contributed by atoms with Crippen LogP contribution < -0.4 is 0 Å². The van der Waals surface area contributed by atoms with Crippen LogP contribution in [0.1, 0.15) is 43.8 Å². The average molecular weight is 526 g/mol. The number of halogens is 2. The van der Waals surface area contributed by atoms with Crippen LogP contribution in [0.25, 0.3) is 11.0 Å². The number of carbonyl (C=O) groups excluding carboxylic acids is 1. The maximum absolute atomic E-state index is 12.9. The van der Waals surface area contributed by atoms with E-state index < -0.39 is 11.8 Å². The Kier molecular flexibility index (Phi) is 5.56. The van der Waals surface area contributed by atoms with Gasteiger partial charge in [0, 0.05) is 15.7 Å². The fourth-order valence-electron chi connectivity index (χ4n) is 3.96. The third-order valence-electron chi connectivity index (χ3n) is 5.75. The third kappa shape index (κ3) is 3.43. The van der Waals surface area contributed by atoms with Gasteiger partial charge in [-0.05, 0) is 48.1 Å². The highest BCUT2D eigenvalue weighted by molar-refractivity contribution is 14.1. The Morgan fingerprint density at radius 2 is 2.07 bits per heavy atom. The molecule has 2 aromatic heterocycles. The number of fused-ring (bicyclic) bond motifs is 1. The molecular formula is C21H21ClIN3O3. The van der Waals surface area contributed by atoms with Crippen molar-refractivity contribution in [2.75, 3.05) is 0 Å². The molecule has 8 heteroatoms. The van der Waals surface area contributed by atoms with Gasteiger partial charge in [0.1, 0.15) is 17.1 Å². The fraction of sp³-hybridized carbons (Fsp3) is 0.381. The Hall–Kier alpha value is -1.71. The van der Waals surface area contributed by atoms with E-state index in [0.29, 0.717) is 16.4 Å². The second kappa shape index (κ2) is 7.85. The first-order chi connectivity index (χ1) is 13.9. The molecule has 0 aliphatic carbocycles. The molecule has 0 radical (unpaired) electrons. The van der Waals surface area contributed by atoms with Crippen LogP contribution in [0.15, 0.2) is 42.9 Å². The predicted octanol–water partition coefficient (Wildman–Crippen LogP) is 5.25. The standard InChI is InChI=1S/C21H21ClIN3O3/c1-4-15-12(2)21(3,29-19(27)13-8-6-5-7-9-13)20(28-15)26-10-14(23)16-17(22)24-11-25-18(16)26/h5-12,15,20H,4H2,1-3H3/t12-,15+,20+,21?/m0/s1. The van der Waals surface area contributed by atoms with Crippen LogP contribution in [-0.4, -0.2) is 32.2 Å². The number of benzene rings is 1. The summed E-state index contributed by atoms with van der Waals surface area (Å²) in [5, 5.41) is 1.15. The van der Waals surface area contributed by atoms with Gasteiger partial charge in [-0.1, -0.05) is 43.6 Å². The molecule has 3 aromatic rings. The first-order valence-corrected chi connectivity index (χ1v) is 10.9. The number of carbonyl (C=O) groups is 1. The molecule has 0 saturated carbocycles. The van der Waals surface area contributed by atoms with Gasteiger partial charge in [0.25, 0.3) is 0 Å². The zero-order valence-electron chi connectivity index (χ0n) is 16.3. The van der Waals surface area contributed by atoms with E-state index in [0.717, 1.165) is 15.4 Å². The highest BCUT2D eigenvalue weighted by atomic mass is 127. The number of hydrogen-bond donors (Lipinski definition) is 0. The van der Waals surface area contributed by atoms with E-state index in [1.165, 1.54) is 6.33 Å². The van der Waals surface area contributed by atoms with Crippen molar-refractivity contribution in [2.45, 2.75) is 45.1 Å². The second-order valence-electron chi connectivity index (χ2n) is 7.41. The molecule has 152 valence electrons. The van der Waals surface area contributed by atoms with Crippen molar-refractivity contribution in [2.24, 2.45) is 5.92 Å². The SMILES string of the molecule is CC[C@H]1O[C@@H](n2cc(I)c3c(Cl)ncnc32)C(C)(OC(=O)c2ccccc2)[C@H]1C. The normalized spacial score (nSPS) is 26.7. The smallest absolute Gasteiger partial charge is 0.338 e. The molecule has 1 aliphatic heterocycles. The Balaban J connectivity index is 1.79. The summed E-state index contributed by atoms with van der Waals surface area (Å²) in [6.45, 7) is 6.06. The quantitative estimate of drug-likeness (QED) is 0.264. The maximum atomic E-state index is 12.9. The van der Waals surface area contributed by atoms with Gasteiger partial charge in [-0.25, -0.2) is 14.8 Å². The number of rotatable bonds is 4. The first-order valence-electron chi connectivity index (χ1n) is 9.47. The molecule has 0 bridgehead atoms. The van der Waals surface area contributed by atoms with Gasteiger partial charge < -0.3 is 14.0 Å². The average Bonchev–Trinajstić information content (AvgIpc) is 3.17. The van der Waals surface area contributed by atoms with Gasteiger partial charge >= 0.3 is 5.97 Å². The van der Waals surface area contributed by atoms with E-state index in [-0.39, 0.29) is 18.0 Å². The van der Waals surface area contributed by atoms with Crippen molar-refractivity contribution in [3.05, 3.63) is 57.1 Å². The molecule has 1 aromatic carbocycles. The number of nitrogens with zero attached hydrogens (tertiary/aromatic N) is 3. The number of hydrogen-bond acceptors (Lipinski definition) is 5. The lowest BCUT2D eigenvalue weighted by molar-refractivity contribution is -0.0946. The van der Waals surface area contributed by atoms with Crippen molar-refractivity contribution in [3.63, 3.8) is 0 Å². The van der Waals surface area contributed by atoms with Crippen molar-refractivity contribution in [3.8, 4) is 0 Å². The lowest BCUT2D eigenvalue weighted by Crippen LogP contribution is -2.42. The van der Waals surface area contributed by atoms with Crippen LogP contribution in [0, 0.1) is 9.49 Å². The number of aromatic nitrogens is 3. The summed E-state index contributed by atoms with van der Waals surface area (Å²) in [6.07, 6.45) is 3.58. The number of esters is 1. The van der Waals surface area contributed by atoms with Crippen LogP contribution in [0.2, 0.25) is 5.15 Å². The number of ether oxygens (including phenoxy) is 2. The topological polar surface area (TPSA) is 66.2 Å². The van der Waals surface area contributed by atoms with Crippen LogP contribution in [0.5, 0.6) is 0 Å². The summed E-state index contributed by atoms with van der Waals surface area (Å²) in [7, 11) is 0. The Morgan fingerprint density at radius 3 is 2.76 bits per heavy atom. The molecule has 1 unspecified atom stereocenters. The van der Waals surface area contributed by atoms with E-state index in [2.05, 4.69) is 46.4 Å². The largest absolute Gasteiger partial charge is 0.451 e. The zero-order valence-corrected chi connectivity index (χ0v) is 19.2. The van der Waals surface area contributed by atoms with Gasteiger partial charge in [-0.2, -0.15) is 0 Å². The minimum Gasteiger partial charge on any atom is -0.451 e. The molecule has 4 atom stereocenters. The minimum absolute atomic E-state index is 0.0161. The molecule has 29 heavy (non-hydrogen) atoms. The van der Waals surface area contributed by atoms with E-state index >= 15 is 0 Å². The Morgan fingerprint density at radius 1 is 1.34 bits per heavy atom. The molecule has 0 N–H and O–H groups in total. The van der Waals surface area contributed by atoms with Crippen LogP contribution in [0.3, 0.4) is 0 Å². The van der Waals surface area contributed by atoms with Gasteiger partial charge in [0.15, 0.2) is 11.8 Å². The molecule has 1 aliphatic rings. The van der Waals surface area contributed by atoms with Gasteiger partial charge in [-0.3, -0.25) is 0 Å². The zero-order chi connectivity index (χ0) is 20.8. The lowest BCUT2D eigenvalue weighted by Gasteiger charge is -2.34. The van der Waals surface area contributed by atoms with Gasteiger partial charge in [0.2, 0.25) is 0 Å².